The number of fused-ring (bicyclic) bond motifs is 1. The maximum atomic E-state index is 13.8. The predicted molar refractivity (Wildman–Crippen MR) is 143 cm³/mol. The number of ether oxygens (including phenoxy) is 1. The van der Waals surface area contributed by atoms with Crippen LogP contribution < -0.4 is 11.1 Å². The van der Waals surface area contributed by atoms with Crippen LogP contribution >= 0.6 is 0 Å². The van der Waals surface area contributed by atoms with E-state index in [-0.39, 0.29) is 44.9 Å². The lowest BCUT2D eigenvalue weighted by Gasteiger charge is -2.40. The molecule has 4 rings (SSSR count). The van der Waals surface area contributed by atoms with Crippen molar-refractivity contribution in [3.63, 3.8) is 0 Å². The third-order valence-electron chi connectivity index (χ3n) is 6.95. The molecule has 2 atom stereocenters. The van der Waals surface area contributed by atoms with Crippen molar-refractivity contribution in [1.29, 1.82) is 0 Å². The summed E-state index contributed by atoms with van der Waals surface area (Å²) in [7, 11) is 0. The van der Waals surface area contributed by atoms with Crippen LogP contribution in [0.15, 0.2) is 59.8 Å². The molecule has 13 heteroatoms. The van der Waals surface area contributed by atoms with E-state index in [1.165, 1.54) is 24.9 Å². The normalized spacial score (nSPS) is 20.0. The van der Waals surface area contributed by atoms with Crippen molar-refractivity contribution in [1.82, 2.24) is 20.2 Å². The number of benzene rings is 1. The zero-order chi connectivity index (χ0) is 29.8. The van der Waals surface area contributed by atoms with Crippen LogP contribution in [0.3, 0.4) is 0 Å². The van der Waals surface area contributed by atoms with Crippen molar-refractivity contribution in [2.75, 3.05) is 26.2 Å². The summed E-state index contributed by atoms with van der Waals surface area (Å²) in [6, 6.07) is 13.1. The molecule has 1 aromatic heterocycles. The number of hydrazone groups is 1. The van der Waals surface area contributed by atoms with Crippen LogP contribution in [0.2, 0.25) is 0 Å². The molecule has 3 heterocycles. The molecule has 220 valence electrons. The summed E-state index contributed by atoms with van der Waals surface area (Å²) in [4.78, 5) is 45.8. The van der Waals surface area contributed by atoms with Gasteiger partial charge in [0.25, 0.3) is 5.91 Å². The molecular weight excluding hydrogens is 541 g/mol. The molecule has 0 unspecified atom stereocenters. The van der Waals surface area contributed by atoms with Crippen LogP contribution in [-0.4, -0.2) is 82.3 Å². The first-order valence-electron chi connectivity index (χ1n) is 13.2. The highest BCUT2D eigenvalue weighted by Crippen LogP contribution is 2.39. The molecular formula is C28H33F3N6O4. The third kappa shape index (κ3) is 7.27. The first-order valence-corrected chi connectivity index (χ1v) is 13.2. The van der Waals surface area contributed by atoms with Gasteiger partial charge in [-0.05, 0) is 31.5 Å². The highest BCUT2D eigenvalue weighted by molar-refractivity contribution is 6.13. The second-order valence-electron chi connectivity index (χ2n) is 10.9. The number of nitrogens with zero attached hydrogens (tertiary/aromatic N) is 4. The van der Waals surface area contributed by atoms with E-state index >= 15 is 0 Å². The van der Waals surface area contributed by atoms with Gasteiger partial charge in [0.05, 0.1) is 24.5 Å². The van der Waals surface area contributed by atoms with Gasteiger partial charge < -0.3 is 20.7 Å². The topological polar surface area (TPSA) is 130 Å². The molecule has 2 aliphatic rings. The standard InChI is InChI=1S/C28H33F3N6O4/c1-26(2,32)24(39)34-21(16-41-15-19-8-4-3-5-9-19)23(38)36-13-11-22-27(17-36,14-20-10-6-7-12-33-20)25(40)37(35-22)18-28(29,30)31/h3-10,12,21H,11,13-18,32H2,1-2H3,(H,34,39)/t21-,27-/m1/s1. The Bertz CT molecular complexity index is 1280. The van der Waals surface area contributed by atoms with Crippen LogP contribution in [0.25, 0.3) is 0 Å². The van der Waals surface area contributed by atoms with Gasteiger partial charge in [-0.3, -0.25) is 19.4 Å². The summed E-state index contributed by atoms with van der Waals surface area (Å²) in [5.41, 5.74) is 4.72. The molecule has 0 saturated carbocycles. The van der Waals surface area contributed by atoms with Gasteiger partial charge in [-0.25, -0.2) is 5.01 Å². The molecule has 41 heavy (non-hydrogen) atoms. The van der Waals surface area contributed by atoms with E-state index in [0.29, 0.717) is 10.7 Å². The van der Waals surface area contributed by atoms with Crippen LogP contribution in [0.4, 0.5) is 13.2 Å². The Balaban J connectivity index is 1.58. The van der Waals surface area contributed by atoms with E-state index in [1.807, 2.05) is 30.3 Å². The number of alkyl halides is 3. The third-order valence-corrected chi connectivity index (χ3v) is 6.95. The Kier molecular flexibility index (Phi) is 8.78. The molecule has 3 N–H and O–H groups in total. The number of pyridine rings is 1. The summed E-state index contributed by atoms with van der Waals surface area (Å²) in [5, 5.41) is 7.13. The number of hydrogen-bond donors (Lipinski definition) is 2. The number of aromatic nitrogens is 1. The number of likely N-dealkylation sites (tertiary alicyclic amines) is 1. The highest BCUT2D eigenvalue weighted by Gasteiger charge is 2.56. The Labute approximate surface area is 235 Å². The molecule has 3 amide bonds. The van der Waals surface area contributed by atoms with Gasteiger partial charge >= 0.3 is 6.18 Å². The SMILES string of the molecule is CC(C)(N)C(=O)N[C@H](COCc1ccccc1)C(=O)N1CCC2=NN(CC(F)(F)F)C(=O)[C@]2(Cc2ccccn2)C1. The van der Waals surface area contributed by atoms with Crippen molar-refractivity contribution >= 4 is 23.4 Å². The van der Waals surface area contributed by atoms with Gasteiger partial charge in [-0.1, -0.05) is 36.4 Å². The summed E-state index contributed by atoms with van der Waals surface area (Å²) >= 11 is 0. The second-order valence-corrected chi connectivity index (χ2v) is 10.9. The Morgan fingerprint density at radius 3 is 2.49 bits per heavy atom. The Morgan fingerprint density at radius 2 is 1.85 bits per heavy atom. The maximum absolute atomic E-state index is 13.8. The first-order chi connectivity index (χ1) is 19.3. The average molecular weight is 575 g/mol. The minimum atomic E-state index is -4.66. The molecule has 0 radical (unpaired) electrons. The van der Waals surface area contributed by atoms with Crippen LogP contribution in [0, 0.1) is 5.41 Å². The van der Waals surface area contributed by atoms with Crippen molar-refractivity contribution < 1.29 is 32.3 Å². The predicted octanol–water partition coefficient (Wildman–Crippen LogP) is 2.04. The van der Waals surface area contributed by atoms with Gasteiger partial charge in [0, 0.05) is 37.8 Å². The number of amides is 3. The number of hydrogen-bond acceptors (Lipinski definition) is 7. The van der Waals surface area contributed by atoms with Crippen LogP contribution in [-0.2, 0) is 32.1 Å². The minimum absolute atomic E-state index is 0.0407. The number of carbonyl (C=O) groups is 3. The number of nitrogens with one attached hydrogen (secondary N) is 1. The second kappa shape index (κ2) is 12.0. The lowest BCUT2D eigenvalue weighted by atomic mass is 9.74. The highest BCUT2D eigenvalue weighted by atomic mass is 19.4. The average Bonchev–Trinajstić information content (AvgIpc) is 3.17. The fourth-order valence-electron chi connectivity index (χ4n) is 4.87. The molecule has 1 saturated heterocycles. The van der Waals surface area contributed by atoms with Crippen LogP contribution in [0.5, 0.6) is 0 Å². The molecule has 1 aromatic carbocycles. The van der Waals surface area contributed by atoms with Gasteiger partial charge in [0.15, 0.2) is 0 Å². The number of halogens is 3. The zero-order valence-electron chi connectivity index (χ0n) is 22.9. The number of rotatable bonds is 10. The lowest BCUT2D eigenvalue weighted by molar-refractivity contribution is -0.164. The van der Waals surface area contributed by atoms with E-state index in [9.17, 15) is 27.6 Å². The first kappa shape index (κ1) is 30.1. The summed E-state index contributed by atoms with van der Waals surface area (Å²) in [5.74, 6) is -1.98. The van der Waals surface area contributed by atoms with Crippen molar-refractivity contribution in [2.45, 2.75) is 51.1 Å². The van der Waals surface area contributed by atoms with Crippen molar-refractivity contribution in [3.8, 4) is 0 Å². The van der Waals surface area contributed by atoms with E-state index < -0.39 is 47.4 Å². The molecule has 1 fully saturated rings. The summed E-state index contributed by atoms with van der Waals surface area (Å²) in [6.07, 6.45) is -3.10. The Hall–Kier alpha value is -3.84. The van der Waals surface area contributed by atoms with Gasteiger partial charge in [0.1, 0.15) is 18.0 Å². The Morgan fingerprint density at radius 1 is 1.15 bits per heavy atom. The molecule has 10 nitrogen and oxygen atoms in total. The van der Waals surface area contributed by atoms with Crippen molar-refractivity contribution in [3.05, 3.63) is 66.0 Å². The summed E-state index contributed by atoms with van der Waals surface area (Å²) < 4.78 is 45.6. The molecule has 0 aliphatic carbocycles. The number of carbonyl (C=O) groups excluding carboxylic acids is 3. The van der Waals surface area contributed by atoms with Gasteiger partial charge in [-0.2, -0.15) is 18.3 Å². The number of nitrogens with two attached hydrogens (primary N) is 1. The molecule has 2 aliphatic heterocycles. The van der Waals surface area contributed by atoms with Crippen LogP contribution in [0.1, 0.15) is 31.5 Å². The maximum Gasteiger partial charge on any atom is 0.408 e. The quantitative estimate of drug-likeness (QED) is 0.447. The van der Waals surface area contributed by atoms with Gasteiger partial charge in [-0.15, -0.1) is 0 Å². The fourth-order valence-corrected chi connectivity index (χ4v) is 4.87. The largest absolute Gasteiger partial charge is 0.408 e. The minimum Gasteiger partial charge on any atom is -0.374 e. The monoisotopic (exact) mass is 574 g/mol. The lowest BCUT2D eigenvalue weighted by Crippen LogP contribution is -2.61. The van der Waals surface area contributed by atoms with E-state index in [0.717, 1.165) is 5.56 Å². The van der Waals surface area contributed by atoms with E-state index in [2.05, 4.69) is 15.4 Å². The molecule has 0 bridgehead atoms. The zero-order valence-corrected chi connectivity index (χ0v) is 22.9. The fraction of sp³-hybridized carbons (Fsp3) is 0.464. The number of piperidine rings is 1. The molecule has 0 spiro atoms. The smallest absolute Gasteiger partial charge is 0.374 e. The molecule has 2 aromatic rings. The van der Waals surface area contributed by atoms with Crippen molar-refractivity contribution in [2.24, 2.45) is 16.3 Å². The summed E-state index contributed by atoms with van der Waals surface area (Å²) in [6.45, 7) is 1.30. The van der Waals surface area contributed by atoms with E-state index in [4.69, 9.17) is 10.5 Å². The van der Waals surface area contributed by atoms with Gasteiger partial charge in [0.2, 0.25) is 11.8 Å². The van der Waals surface area contributed by atoms with E-state index in [1.54, 1.807) is 18.2 Å².